The van der Waals surface area contributed by atoms with Gasteiger partial charge in [0.05, 0.1) is 6.61 Å². The molecular formula is C16H26NO3P. The Morgan fingerprint density at radius 2 is 2.14 bits per heavy atom. The molecule has 4 nitrogen and oxygen atoms in total. The molecule has 2 rings (SSSR count). The Balaban J connectivity index is 2.06. The molecule has 2 N–H and O–H groups in total. The molecule has 0 saturated carbocycles. The van der Waals surface area contributed by atoms with Gasteiger partial charge in [0.2, 0.25) is 0 Å². The second-order valence-corrected chi connectivity index (χ2v) is 9.37. The highest BCUT2D eigenvalue weighted by Gasteiger charge is 2.30. The lowest BCUT2D eigenvalue weighted by Gasteiger charge is -2.32. The third-order valence-electron chi connectivity index (χ3n) is 4.26. The van der Waals surface area contributed by atoms with Crippen molar-refractivity contribution in [2.45, 2.75) is 32.3 Å². The first kappa shape index (κ1) is 16.5. The first-order valence-corrected chi connectivity index (χ1v) is 9.82. The predicted molar refractivity (Wildman–Crippen MR) is 88.3 cm³/mol. The lowest BCUT2D eigenvalue weighted by molar-refractivity contribution is -0.0763. The minimum absolute atomic E-state index is 0.377. The molecule has 1 aliphatic rings. The monoisotopic (exact) mass is 311 g/mol. The number of anilines is 1. The van der Waals surface area contributed by atoms with Crippen LogP contribution in [0, 0.1) is 0 Å². The molecule has 1 fully saturated rings. The number of aliphatic hydroxyl groups is 1. The molecule has 0 aliphatic carbocycles. The summed E-state index contributed by atoms with van der Waals surface area (Å²) in [4.78, 5) is 0. The third kappa shape index (κ3) is 4.09. The van der Waals surface area contributed by atoms with Gasteiger partial charge in [-0.1, -0.05) is 26.0 Å². The highest BCUT2D eigenvalue weighted by Crippen LogP contribution is 2.43. The largest absolute Gasteiger partial charge is 0.386 e. The third-order valence-corrected chi connectivity index (χ3v) is 7.52. The predicted octanol–water partition coefficient (Wildman–Crippen LogP) is 2.67. The average molecular weight is 311 g/mol. The van der Waals surface area contributed by atoms with Gasteiger partial charge in [0.15, 0.2) is 0 Å². The topological polar surface area (TPSA) is 58.6 Å². The van der Waals surface area contributed by atoms with Crippen LogP contribution in [0.5, 0.6) is 0 Å². The maximum atomic E-state index is 12.8. The summed E-state index contributed by atoms with van der Waals surface area (Å²) in [5, 5.41) is 14.6. The van der Waals surface area contributed by atoms with Gasteiger partial charge in [0.25, 0.3) is 0 Å². The van der Waals surface area contributed by atoms with Crippen molar-refractivity contribution < 1.29 is 14.4 Å². The summed E-state index contributed by atoms with van der Waals surface area (Å²) in [6.07, 6.45) is 3.01. The first-order valence-electron chi connectivity index (χ1n) is 7.74. The second kappa shape index (κ2) is 6.95. The van der Waals surface area contributed by atoms with Crippen molar-refractivity contribution >= 4 is 18.1 Å². The van der Waals surface area contributed by atoms with Crippen molar-refractivity contribution in [3.05, 3.63) is 24.3 Å². The minimum atomic E-state index is -2.26. The van der Waals surface area contributed by atoms with E-state index in [1.165, 1.54) is 0 Å². The fourth-order valence-electron chi connectivity index (χ4n) is 2.70. The van der Waals surface area contributed by atoms with Crippen LogP contribution < -0.4 is 10.6 Å². The maximum absolute atomic E-state index is 12.8. The molecule has 1 unspecified atom stereocenters. The molecule has 0 bridgehead atoms. The van der Waals surface area contributed by atoms with Gasteiger partial charge >= 0.3 is 0 Å². The van der Waals surface area contributed by atoms with E-state index in [2.05, 4.69) is 5.32 Å². The number of hydrogen-bond acceptors (Lipinski definition) is 4. The lowest BCUT2D eigenvalue weighted by atomic mass is 9.97. The van der Waals surface area contributed by atoms with E-state index in [0.717, 1.165) is 30.4 Å². The fourth-order valence-corrected chi connectivity index (χ4v) is 4.61. The van der Waals surface area contributed by atoms with Gasteiger partial charge in [-0.15, -0.1) is 0 Å². The molecule has 5 heteroatoms. The Labute approximate surface area is 127 Å². The van der Waals surface area contributed by atoms with E-state index in [1.54, 1.807) is 0 Å². The van der Waals surface area contributed by atoms with Gasteiger partial charge in [-0.05, 0) is 25.0 Å². The van der Waals surface area contributed by atoms with Crippen LogP contribution in [0.3, 0.4) is 0 Å². The number of hydrogen-bond donors (Lipinski definition) is 2. The molecule has 1 aliphatic heterocycles. The van der Waals surface area contributed by atoms with Crippen molar-refractivity contribution in [2.75, 3.05) is 37.4 Å². The van der Waals surface area contributed by atoms with Gasteiger partial charge < -0.3 is 19.7 Å². The molecule has 1 atom stereocenters. The highest BCUT2D eigenvalue weighted by molar-refractivity contribution is 7.71. The van der Waals surface area contributed by atoms with E-state index in [1.807, 2.05) is 38.1 Å². The fraction of sp³-hybridized carbons (Fsp3) is 0.625. The smallest absolute Gasteiger partial charge is 0.115 e. The van der Waals surface area contributed by atoms with E-state index < -0.39 is 12.7 Å². The van der Waals surface area contributed by atoms with Crippen molar-refractivity contribution in [2.24, 2.45) is 0 Å². The quantitative estimate of drug-likeness (QED) is 0.793. The maximum Gasteiger partial charge on any atom is 0.115 e. The van der Waals surface area contributed by atoms with Crippen LogP contribution in [0.25, 0.3) is 0 Å². The zero-order valence-electron chi connectivity index (χ0n) is 13.0. The summed E-state index contributed by atoms with van der Waals surface area (Å²) in [5.74, 6) is 0. The molecule has 1 heterocycles. The van der Waals surface area contributed by atoms with Crippen LogP contribution >= 0.6 is 7.14 Å². The Bertz CT molecular complexity index is 504. The molecule has 1 aromatic carbocycles. The summed E-state index contributed by atoms with van der Waals surface area (Å²) in [6.45, 7) is 5.52. The SMILES string of the molecule is CCP(=O)(CC)c1cccc(NCC2(O)CCCOC2)c1. The van der Waals surface area contributed by atoms with Crippen molar-refractivity contribution in [3.63, 3.8) is 0 Å². The number of rotatable bonds is 6. The number of nitrogens with one attached hydrogen (secondary N) is 1. The van der Waals surface area contributed by atoms with Crippen LogP contribution in [0.4, 0.5) is 5.69 Å². The zero-order valence-corrected chi connectivity index (χ0v) is 13.9. The Morgan fingerprint density at radius 1 is 1.38 bits per heavy atom. The normalized spacial score (nSPS) is 23.0. The van der Waals surface area contributed by atoms with E-state index in [0.29, 0.717) is 25.5 Å². The Hall–Kier alpha value is -0.830. The highest BCUT2D eigenvalue weighted by atomic mass is 31.2. The summed E-state index contributed by atoms with van der Waals surface area (Å²) in [6, 6.07) is 7.78. The van der Waals surface area contributed by atoms with Crippen LogP contribution in [0.2, 0.25) is 0 Å². The summed E-state index contributed by atoms with van der Waals surface area (Å²) >= 11 is 0. The lowest BCUT2D eigenvalue weighted by Crippen LogP contribution is -2.44. The average Bonchev–Trinajstić information content (AvgIpc) is 2.53. The molecular weight excluding hydrogens is 285 g/mol. The van der Waals surface area contributed by atoms with Crippen molar-refractivity contribution in [1.82, 2.24) is 0 Å². The standard InChI is InChI=1S/C16H26NO3P/c1-3-21(19,4-2)15-8-5-7-14(11-15)17-12-16(18)9-6-10-20-13-16/h5,7-8,11,17-18H,3-4,6,9-10,12-13H2,1-2H3. The molecule has 0 spiro atoms. The van der Waals surface area contributed by atoms with Gasteiger partial charge in [-0.2, -0.15) is 0 Å². The molecule has 118 valence electrons. The summed E-state index contributed by atoms with van der Waals surface area (Å²) in [7, 11) is -2.26. The molecule has 21 heavy (non-hydrogen) atoms. The number of benzene rings is 1. The van der Waals surface area contributed by atoms with Gasteiger partial charge in [-0.25, -0.2) is 0 Å². The Kier molecular flexibility index (Phi) is 5.48. The molecule has 0 aromatic heterocycles. The molecule has 0 amide bonds. The number of ether oxygens (including phenoxy) is 1. The minimum Gasteiger partial charge on any atom is -0.386 e. The molecule has 1 aromatic rings. The summed E-state index contributed by atoms with van der Waals surface area (Å²) in [5.41, 5.74) is 0.113. The van der Waals surface area contributed by atoms with E-state index >= 15 is 0 Å². The van der Waals surface area contributed by atoms with Crippen LogP contribution in [0.15, 0.2) is 24.3 Å². The van der Waals surface area contributed by atoms with E-state index in [9.17, 15) is 9.67 Å². The van der Waals surface area contributed by atoms with Crippen LogP contribution in [0.1, 0.15) is 26.7 Å². The second-order valence-electron chi connectivity index (χ2n) is 5.81. The molecule has 1 saturated heterocycles. The van der Waals surface area contributed by atoms with Crippen LogP contribution in [-0.2, 0) is 9.30 Å². The first-order chi connectivity index (χ1) is 10.0. The van der Waals surface area contributed by atoms with Gasteiger partial charge in [0, 0.05) is 36.5 Å². The van der Waals surface area contributed by atoms with Gasteiger partial charge in [-0.3, -0.25) is 0 Å². The summed E-state index contributed by atoms with van der Waals surface area (Å²) < 4.78 is 18.1. The van der Waals surface area contributed by atoms with E-state index in [4.69, 9.17) is 4.74 Å². The van der Waals surface area contributed by atoms with E-state index in [-0.39, 0.29) is 0 Å². The van der Waals surface area contributed by atoms with Crippen molar-refractivity contribution in [1.29, 1.82) is 0 Å². The van der Waals surface area contributed by atoms with Crippen molar-refractivity contribution in [3.8, 4) is 0 Å². The van der Waals surface area contributed by atoms with Crippen LogP contribution in [-0.4, -0.2) is 42.8 Å². The zero-order chi connectivity index (χ0) is 15.3. The molecule has 0 radical (unpaired) electrons. The Morgan fingerprint density at radius 3 is 2.76 bits per heavy atom. The van der Waals surface area contributed by atoms with Gasteiger partial charge in [0.1, 0.15) is 12.7 Å².